The second kappa shape index (κ2) is 4.03. The molecule has 3 rings (SSSR count). The molecular formula is C13H10IN3. The topological polar surface area (TPSA) is 54.7 Å². The Labute approximate surface area is 112 Å². The van der Waals surface area contributed by atoms with E-state index in [9.17, 15) is 0 Å². The molecule has 0 aliphatic carbocycles. The maximum atomic E-state index is 5.89. The highest BCUT2D eigenvalue weighted by atomic mass is 127. The van der Waals surface area contributed by atoms with E-state index in [4.69, 9.17) is 5.73 Å². The summed E-state index contributed by atoms with van der Waals surface area (Å²) in [5.41, 5.74) is 9.48. The lowest BCUT2D eigenvalue weighted by Gasteiger charge is -1.96. The van der Waals surface area contributed by atoms with Gasteiger partial charge in [-0.2, -0.15) is 0 Å². The molecule has 1 heterocycles. The summed E-state index contributed by atoms with van der Waals surface area (Å²) in [5.74, 6) is 0.858. The smallest absolute Gasteiger partial charge is 0.138 e. The van der Waals surface area contributed by atoms with Crippen molar-refractivity contribution in [2.24, 2.45) is 0 Å². The number of nitrogens with zero attached hydrogens (tertiary/aromatic N) is 1. The monoisotopic (exact) mass is 335 g/mol. The van der Waals surface area contributed by atoms with E-state index in [1.165, 1.54) is 3.57 Å². The van der Waals surface area contributed by atoms with Crippen molar-refractivity contribution in [3.8, 4) is 11.4 Å². The number of nitrogens with one attached hydrogen (secondary N) is 1. The van der Waals surface area contributed by atoms with Gasteiger partial charge in [0, 0.05) is 9.13 Å². The first-order chi connectivity index (χ1) is 8.24. The number of para-hydroxylation sites is 1. The van der Waals surface area contributed by atoms with Gasteiger partial charge in [-0.3, -0.25) is 0 Å². The summed E-state index contributed by atoms with van der Waals surface area (Å²) in [6, 6.07) is 14.0. The van der Waals surface area contributed by atoms with Gasteiger partial charge in [0.1, 0.15) is 11.3 Å². The predicted molar refractivity (Wildman–Crippen MR) is 78.7 cm³/mol. The molecule has 0 atom stereocenters. The SMILES string of the molecule is Nc1cccc2[nH]c(-c3cccc(I)c3)nc12. The fourth-order valence-electron chi connectivity index (χ4n) is 1.83. The van der Waals surface area contributed by atoms with Crippen LogP contribution >= 0.6 is 22.6 Å². The van der Waals surface area contributed by atoms with Gasteiger partial charge in [-0.15, -0.1) is 0 Å². The Bertz CT molecular complexity index is 688. The van der Waals surface area contributed by atoms with Gasteiger partial charge in [-0.1, -0.05) is 18.2 Å². The van der Waals surface area contributed by atoms with E-state index in [0.717, 1.165) is 22.4 Å². The molecule has 0 amide bonds. The van der Waals surface area contributed by atoms with Crippen molar-refractivity contribution in [2.45, 2.75) is 0 Å². The molecule has 2 aromatic carbocycles. The summed E-state index contributed by atoms with van der Waals surface area (Å²) in [5, 5.41) is 0. The van der Waals surface area contributed by atoms with Crippen LogP contribution in [-0.4, -0.2) is 9.97 Å². The molecule has 17 heavy (non-hydrogen) atoms. The van der Waals surface area contributed by atoms with Crippen LogP contribution in [-0.2, 0) is 0 Å². The van der Waals surface area contributed by atoms with Crippen molar-refractivity contribution in [3.63, 3.8) is 0 Å². The average Bonchev–Trinajstić information content (AvgIpc) is 2.74. The zero-order valence-electron chi connectivity index (χ0n) is 8.94. The van der Waals surface area contributed by atoms with E-state index in [-0.39, 0.29) is 0 Å². The normalized spacial score (nSPS) is 10.9. The number of halogens is 1. The summed E-state index contributed by atoms with van der Waals surface area (Å²) in [4.78, 5) is 7.83. The molecule has 0 saturated heterocycles. The van der Waals surface area contributed by atoms with Crippen LogP contribution < -0.4 is 5.73 Å². The third kappa shape index (κ3) is 1.88. The number of nitrogen functional groups attached to an aromatic ring is 1. The Morgan fingerprint density at radius 2 is 1.94 bits per heavy atom. The third-order valence-corrected chi connectivity index (χ3v) is 3.31. The van der Waals surface area contributed by atoms with E-state index >= 15 is 0 Å². The van der Waals surface area contributed by atoms with E-state index in [1.54, 1.807) is 0 Å². The zero-order valence-corrected chi connectivity index (χ0v) is 11.1. The molecule has 0 unspecified atom stereocenters. The standard InChI is InChI=1S/C13H10IN3/c14-9-4-1-3-8(7-9)13-16-11-6-2-5-10(15)12(11)17-13/h1-7H,15H2,(H,16,17). The third-order valence-electron chi connectivity index (χ3n) is 2.64. The maximum Gasteiger partial charge on any atom is 0.138 e. The van der Waals surface area contributed by atoms with Crippen LogP contribution in [0.2, 0.25) is 0 Å². The molecule has 0 fully saturated rings. The lowest BCUT2D eigenvalue weighted by molar-refractivity contribution is 1.33. The minimum absolute atomic E-state index is 0.704. The first-order valence-electron chi connectivity index (χ1n) is 5.24. The maximum absolute atomic E-state index is 5.89. The van der Waals surface area contributed by atoms with Gasteiger partial charge in [-0.25, -0.2) is 4.98 Å². The second-order valence-electron chi connectivity index (χ2n) is 3.84. The number of benzene rings is 2. The largest absolute Gasteiger partial charge is 0.397 e. The molecule has 0 bridgehead atoms. The first kappa shape index (κ1) is 10.6. The highest BCUT2D eigenvalue weighted by Crippen LogP contribution is 2.24. The Hall–Kier alpha value is -1.56. The van der Waals surface area contributed by atoms with Gasteiger partial charge >= 0.3 is 0 Å². The van der Waals surface area contributed by atoms with Crippen molar-refractivity contribution >= 4 is 39.3 Å². The summed E-state index contributed by atoms with van der Waals surface area (Å²) in [6.07, 6.45) is 0. The molecule has 84 valence electrons. The van der Waals surface area contributed by atoms with Crippen molar-refractivity contribution in [1.82, 2.24) is 9.97 Å². The minimum Gasteiger partial charge on any atom is -0.397 e. The molecule has 0 spiro atoms. The van der Waals surface area contributed by atoms with E-state index in [1.807, 2.05) is 30.3 Å². The summed E-state index contributed by atoms with van der Waals surface area (Å²) in [6.45, 7) is 0. The van der Waals surface area contributed by atoms with Crippen molar-refractivity contribution in [2.75, 3.05) is 5.73 Å². The highest BCUT2D eigenvalue weighted by molar-refractivity contribution is 14.1. The van der Waals surface area contributed by atoms with E-state index in [2.05, 4.69) is 44.7 Å². The Kier molecular flexibility index (Phi) is 2.51. The fraction of sp³-hybridized carbons (Fsp3) is 0. The number of anilines is 1. The number of fused-ring (bicyclic) bond motifs is 1. The Morgan fingerprint density at radius 3 is 2.71 bits per heavy atom. The number of rotatable bonds is 1. The molecular weight excluding hydrogens is 325 g/mol. The van der Waals surface area contributed by atoms with Gasteiger partial charge in [0.25, 0.3) is 0 Å². The quantitative estimate of drug-likeness (QED) is 0.529. The first-order valence-corrected chi connectivity index (χ1v) is 6.32. The van der Waals surface area contributed by atoms with Crippen LogP contribution in [0, 0.1) is 3.57 Å². The van der Waals surface area contributed by atoms with Gasteiger partial charge in [0.15, 0.2) is 0 Å². The number of hydrogen-bond acceptors (Lipinski definition) is 2. The van der Waals surface area contributed by atoms with E-state index in [0.29, 0.717) is 5.69 Å². The Morgan fingerprint density at radius 1 is 1.12 bits per heavy atom. The summed E-state index contributed by atoms with van der Waals surface area (Å²) >= 11 is 2.29. The molecule has 0 radical (unpaired) electrons. The molecule has 4 heteroatoms. The Balaban J connectivity index is 2.22. The van der Waals surface area contributed by atoms with Crippen LogP contribution in [0.1, 0.15) is 0 Å². The number of aromatic nitrogens is 2. The molecule has 3 aromatic rings. The number of H-pyrrole nitrogens is 1. The average molecular weight is 335 g/mol. The predicted octanol–water partition coefficient (Wildman–Crippen LogP) is 3.42. The molecule has 0 saturated carbocycles. The van der Waals surface area contributed by atoms with Crippen molar-refractivity contribution in [1.29, 1.82) is 0 Å². The van der Waals surface area contributed by atoms with Crippen LogP contribution in [0.15, 0.2) is 42.5 Å². The lowest BCUT2D eigenvalue weighted by atomic mass is 10.2. The minimum atomic E-state index is 0.704. The van der Waals surface area contributed by atoms with Gasteiger partial charge in [0.2, 0.25) is 0 Å². The van der Waals surface area contributed by atoms with Gasteiger partial charge < -0.3 is 10.7 Å². The number of nitrogens with two attached hydrogens (primary N) is 1. The second-order valence-corrected chi connectivity index (χ2v) is 5.08. The summed E-state index contributed by atoms with van der Waals surface area (Å²) < 4.78 is 1.19. The molecule has 3 nitrogen and oxygen atoms in total. The molecule has 0 aliphatic heterocycles. The highest BCUT2D eigenvalue weighted by Gasteiger charge is 2.07. The van der Waals surface area contributed by atoms with Crippen LogP contribution in [0.25, 0.3) is 22.4 Å². The van der Waals surface area contributed by atoms with Crippen LogP contribution in [0.4, 0.5) is 5.69 Å². The molecule has 3 N–H and O–H groups in total. The number of aromatic amines is 1. The fourth-order valence-corrected chi connectivity index (χ4v) is 2.37. The molecule has 1 aromatic heterocycles. The number of imidazole rings is 1. The van der Waals surface area contributed by atoms with Crippen LogP contribution in [0.3, 0.4) is 0 Å². The van der Waals surface area contributed by atoms with Crippen LogP contribution in [0.5, 0.6) is 0 Å². The number of hydrogen-bond donors (Lipinski definition) is 2. The zero-order chi connectivity index (χ0) is 11.8. The van der Waals surface area contributed by atoms with Crippen molar-refractivity contribution < 1.29 is 0 Å². The van der Waals surface area contributed by atoms with Crippen molar-refractivity contribution in [3.05, 3.63) is 46.0 Å². The van der Waals surface area contributed by atoms with Gasteiger partial charge in [-0.05, 0) is 46.9 Å². The van der Waals surface area contributed by atoms with E-state index < -0.39 is 0 Å². The lowest BCUT2D eigenvalue weighted by Crippen LogP contribution is -1.85. The summed E-state index contributed by atoms with van der Waals surface area (Å²) in [7, 11) is 0. The molecule has 0 aliphatic rings. The van der Waals surface area contributed by atoms with Gasteiger partial charge in [0.05, 0.1) is 11.2 Å².